The molecule has 0 atom stereocenters. The molecule has 1 aromatic carbocycles. The quantitative estimate of drug-likeness (QED) is 0.903. The van der Waals surface area contributed by atoms with Gasteiger partial charge in [0.15, 0.2) is 0 Å². The monoisotopic (exact) mass is 347 g/mol. The molecule has 1 aromatic heterocycles. The van der Waals surface area contributed by atoms with Crippen molar-refractivity contribution in [2.45, 2.75) is 38.1 Å². The van der Waals surface area contributed by atoms with Gasteiger partial charge in [-0.15, -0.1) is 0 Å². The summed E-state index contributed by atoms with van der Waals surface area (Å²) in [5, 5.41) is 6.70. The zero-order valence-electron chi connectivity index (χ0n) is 13.9. The number of hydrogen-bond donors (Lipinski definition) is 1. The molecule has 2 aromatic rings. The van der Waals surface area contributed by atoms with Crippen LogP contribution in [-0.4, -0.2) is 22.2 Å². The molecule has 0 unspecified atom stereocenters. The Labute approximate surface area is 143 Å². The summed E-state index contributed by atoms with van der Waals surface area (Å²) in [5.74, 6) is -1.65. The molecule has 132 valence electrons. The van der Waals surface area contributed by atoms with E-state index in [1.807, 2.05) is 0 Å². The number of aromatic nitrogens is 2. The molecule has 25 heavy (non-hydrogen) atoms. The van der Waals surface area contributed by atoms with E-state index in [0.717, 1.165) is 6.42 Å². The van der Waals surface area contributed by atoms with Crippen LogP contribution in [0.25, 0.3) is 0 Å². The highest BCUT2D eigenvalue weighted by atomic mass is 19.1. The number of aryl methyl sites for hydroxylation is 1. The van der Waals surface area contributed by atoms with Crippen LogP contribution in [0.1, 0.15) is 42.2 Å². The van der Waals surface area contributed by atoms with Gasteiger partial charge in [0.05, 0.1) is 0 Å². The summed E-state index contributed by atoms with van der Waals surface area (Å²) in [6.45, 7) is 2.22. The Morgan fingerprint density at radius 1 is 1.24 bits per heavy atom. The van der Waals surface area contributed by atoms with Crippen molar-refractivity contribution in [3.8, 4) is 0 Å². The van der Waals surface area contributed by atoms with Crippen LogP contribution in [0.15, 0.2) is 35.1 Å². The van der Waals surface area contributed by atoms with Crippen molar-refractivity contribution in [2.75, 3.05) is 6.54 Å². The average molecular weight is 347 g/mol. The second-order valence-corrected chi connectivity index (χ2v) is 6.29. The highest BCUT2D eigenvalue weighted by Crippen LogP contribution is 2.45. The number of rotatable bonds is 5. The van der Waals surface area contributed by atoms with E-state index in [9.17, 15) is 18.4 Å². The SMILES string of the molecule is CCn1nc(C(=O)NCC2(c3c(F)cccc3F)CCC2)ccc1=O. The van der Waals surface area contributed by atoms with Gasteiger partial charge in [0.1, 0.15) is 17.3 Å². The number of amides is 1. The van der Waals surface area contributed by atoms with Crippen LogP contribution in [0, 0.1) is 11.6 Å². The van der Waals surface area contributed by atoms with Gasteiger partial charge in [-0.2, -0.15) is 5.10 Å². The van der Waals surface area contributed by atoms with E-state index in [2.05, 4.69) is 10.4 Å². The molecule has 1 saturated carbocycles. The number of halogens is 2. The zero-order chi connectivity index (χ0) is 18.0. The molecule has 0 saturated heterocycles. The lowest BCUT2D eigenvalue weighted by Crippen LogP contribution is -2.47. The Morgan fingerprint density at radius 2 is 1.92 bits per heavy atom. The van der Waals surface area contributed by atoms with Crippen molar-refractivity contribution in [3.63, 3.8) is 0 Å². The van der Waals surface area contributed by atoms with Gasteiger partial charge in [0, 0.05) is 30.1 Å². The predicted molar refractivity (Wildman–Crippen MR) is 88.4 cm³/mol. The van der Waals surface area contributed by atoms with Crippen LogP contribution < -0.4 is 10.9 Å². The van der Waals surface area contributed by atoms with Gasteiger partial charge in [-0.05, 0) is 38.0 Å². The molecule has 0 radical (unpaired) electrons. The summed E-state index contributed by atoms with van der Waals surface area (Å²) in [5.41, 5.74) is -0.884. The Morgan fingerprint density at radius 3 is 2.48 bits per heavy atom. The average Bonchev–Trinajstić information content (AvgIpc) is 2.56. The van der Waals surface area contributed by atoms with Crippen LogP contribution in [0.4, 0.5) is 8.78 Å². The van der Waals surface area contributed by atoms with Crippen molar-refractivity contribution >= 4 is 5.91 Å². The first-order chi connectivity index (χ1) is 12.0. The van der Waals surface area contributed by atoms with E-state index in [1.165, 1.54) is 35.0 Å². The number of carbonyl (C=O) groups is 1. The van der Waals surface area contributed by atoms with E-state index < -0.39 is 23.0 Å². The van der Waals surface area contributed by atoms with Crippen LogP contribution >= 0.6 is 0 Å². The molecule has 1 aliphatic carbocycles. The summed E-state index contributed by atoms with van der Waals surface area (Å²) in [6, 6.07) is 6.43. The van der Waals surface area contributed by atoms with Crippen LogP contribution in [-0.2, 0) is 12.0 Å². The number of carbonyl (C=O) groups excluding carboxylic acids is 1. The lowest BCUT2D eigenvalue weighted by atomic mass is 9.64. The summed E-state index contributed by atoms with van der Waals surface area (Å²) in [6.07, 6.45) is 2.06. The second kappa shape index (κ2) is 6.74. The van der Waals surface area contributed by atoms with Crippen molar-refractivity contribution in [1.82, 2.24) is 15.1 Å². The van der Waals surface area contributed by atoms with Gasteiger partial charge in [-0.1, -0.05) is 12.5 Å². The van der Waals surface area contributed by atoms with E-state index in [4.69, 9.17) is 0 Å². The van der Waals surface area contributed by atoms with Crippen molar-refractivity contribution in [2.24, 2.45) is 0 Å². The summed E-state index contributed by atoms with van der Waals surface area (Å²) >= 11 is 0. The first-order valence-corrected chi connectivity index (χ1v) is 8.28. The number of nitrogens with one attached hydrogen (secondary N) is 1. The predicted octanol–water partition coefficient (Wildman–Crippen LogP) is 2.39. The third-order valence-electron chi connectivity index (χ3n) is 4.79. The maximum Gasteiger partial charge on any atom is 0.271 e. The largest absolute Gasteiger partial charge is 0.350 e. The molecule has 3 rings (SSSR count). The van der Waals surface area contributed by atoms with Gasteiger partial charge in [-0.25, -0.2) is 13.5 Å². The standard InChI is InChI=1S/C18H19F2N3O2/c1-2-23-15(24)8-7-14(22-23)17(25)21-11-18(9-4-10-18)16-12(19)5-3-6-13(16)20/h3,5-8H,2,4,9-11H2,1H3,(H,21,25). The summed E-state index contributed by atoms with van der Waals surface area (Å²) in [7, 11) is 0. The molecule has 7 heteroatoms. The smallest absolute Gasteiger partial charge is 0.271 e. The highest BCUT2D eigenvalue weighted by Gasteiger charge is 2.42. The minimum absolute atomic E-state index is 0.0352. The van der Waals surface area contributed by atoms with Gasteiger partial charge < -0.3 is 5.32 Å². The van der Waals surface area contributed by atoms with Gasteiger partial charge in [0.2, 0.25) is 0 Å². The number of hydrogen-bond acceptors (Lipinski definition) is 3. The fraction of sp³-hybridized carbons (Fsp3) is 0.389. The Bertz CT molecular complexity index is 839. The molecule has 0 bridgehead atoms. The minimum atomic E-state index is -0.732. The number of nitrogens with zero attached hydrogens (tertiary/aromatic N) is 2. The molecular formula is C18H19F2N3O2. The molecule has 5 nitrogen and oxygen atoms in total. The Balaban J connectivity index is 1.80. The van der Waals surface area contributed by atoms with Crippen molar-refractivity contribution in [3.05, 3.63) is 63.6 Å². The molecule has 0 aliphatic heterocycles. The van der Waals surface area contributed by atoms with Crippen LogP contribution in [0.3, 0.4) is 0 Å². The third-order valence-corrected chi connectivity index (χ3v) is 4.79. The third kappa shape index (κ3) is 3.18. The molecule has 1 N–H and O–H groups in total. The van der Waals surface area contributed by atoms with E-state index in [-0.39, 0.29) is 23.4 Å². The van der Waals surface area contributed by atoms with Crippen molar-refractivity contribution < 1.29 is 13.6 Å². The van der Waals surface area contributed by atoms with Crippen molar-refractivity contribution in [1.29, 1.82) is 0 Å². The summed E-state index contributed by atoms with van der Waals surface area (Å²) < 4.78 is 29.5. The molecule has 0 spiro atoms. The summed E-state index contributed by atoms with van der Waals surface area (Å²) in [4.78, 5) is 23.9. The lowest BCUT2D eigenvalue weighted by Gasteiger charge is -2.42. The lowest BCUT2D eigenvalue weighted by molar-refractivity contribution is 0.0917. The van der Waals surface area contributed by atoms with E-state index in [1.54, 1.807) is 6.92 Å². The topological polar surface area (TPSA) is 64.0 Å². The maximum atomic E-state index is 14.2. The fourth-order valence-electron chi connectivity index (χ4n) is 3.26. The molecule has 1 aliphatic rings. The molecule has 1 amide bonds. The maximum absolute atomic E-state index is 14.2. The Kier molecular flexibility index (Phi) is 4.65. The van der Waals surface area contributed by atoms with Crippen LogP contribution in [0.2, 0.25) is 0 Å². The molecule has 1 fully saturated rings. The van der Waals surface area contributed by atoms with Gasteiger partial charge in [-0.3, -0.25) is 9.59 Å². The van der Waals surface area contributed by atoms with Gasteiger partial charge in [0.25, 0.3) is 11.5 Å². The Hall–Kier alpha value is -2.57. The van der Waals surface area contributed by atoms with Crippen LogP contribution in [0.5, 0.6) is 0 Å². The van der Waals surface area contributed by atoms with Gasteiger partial charge >= 0.3 is 0 Å². The fourth-order valence-corrected chi connectivity index (χ4v) is 3.26. The normalized spacial score (nSPS) is 15.5. The van der Waals surface area contributed by atoms with E-state index in [0.29, 0.717) is 19.4 Å². The van der Waals surface area contributed by atoms with E-state index >= 15 is 0 Å². The highest BCUT2D eigenvalue weighted by molar-refractivity contribution is 5.92. The first-order valence-electron chi connectivity index (χ1n) is 8.28. The number of benzene rings is 1. The molecular weight excluding hydrogens is 328 g/mol. The first kappa shape index (κ1) is 17.3. The second-order valence-electron chi connectivity index (χ2n) is 6.29. The minimum Gasteiger partial charge on any atom is -0.350 e. The zero-order valence-corrected chi connectivity index (χ0v) is 13.9. The molecule has 1 heterocycles.